The molecule has 0 saturated carbocycles. The van der Waals surface area contributed by atoms with Gasteiger partial charge in [-0.3, -0.25) is 9.59 Å². The number of sulfonamides is 1. The van der Waals surface area contributed by atoms with Gasteiger partial charge in [0.05, 0.1) is 11.4 Å². The quantitative estimate of drug-likeness (QED) is 0.718. The maximum atomic E-state index is 12.5. The third-order valence-corrected chi connectivity index (χ3v) is 6.80. The van der Waals surface area contributed by atoms with E-state index in [4.69, 9.17) is 9.47 Å². The average molecular weight is 431 g/mol. The Hall–Kier alpha value is -3.11. The molecule has 30 heavy (non-hydrogen) atoms. The summed E-state index contributed by atoms with van der Waals surface area (Å²) in [4.78, 5) is 24.5. The summed E-state index contributed by atoms with van der Waals surface area (Å²) < 4.78 is 36.9. The zero-order chi connectivity index (χ0) is 21.1. The molecule has 0 atom stereocenters. The molecule has 2 N–H and O–H groups in total. The second kappa shape index (κ2) is 8.33. The molecule has 0 spiro atoms. The van der Waals surface area contributed by atoms with E-state index >= 15 is 0 Å². The van der Waals surface area contributed by atoms with Gasteiger partial charge >= 0.3 is 0 Å². The molecule has 0 unspecified atom stereocenters. The fourth-order valence-electron chi connectivity index (χ4n) is 3.29. The molecule has 0 radical (unpaired) electrons. The number of benzene rings is 2. The number of hydrogen-bond acceptors (Lipinski definition) is 6. The molecule has 10 heteroatoms. The minimum absolute atomic E-state index is 0.112. The Morgan fingerprint density at radius 1 is 0.967 bits per heavy atom. The molecule has 1 fully saturated rings. The fraction of sp³-hybridized carbons (Fsp3) is 0.300. The zero-order valence-corrected chi connectivity index (χ0v) is 16.9. The van der Waals surface area contributed by atoms with Gasteiger partial charge in [-0.25, -0.2) is 8.42 Å². The zero-order valence-electron chi connectivity index (χ0n) is 16.1. The number of amides is 2. The van der Waals surface area contributed by atoms with Crippen molar-refractivity contribution in [2.24, 2.45) is 0 Å². The third-order valence-electron chi connectivity index (χ3n) is 4.89. The lowest BCUT2D eigenvalue weighted by molar-refractivity contribution is -0.115. The first-order valence-corrected chi connectivity index (χ1v) is 11.0. The highest BCUT2D eigenvalue weighted by Crippen LogP contribution is 2.32. The van der Waals surface area contributed by atoms with E-state index in [0.717, 1.165) is 12.8 Å². The van der Waals surface area contributed by atoms with Crippen molar-refractivity contribution in [3.8, 4) is 11.5 Å². The second-order valence-electron chi connectivity index (χ2n) is 6.93. The molecule has 2 amide bonds. The van der Waals surface area contributed by atoms with Crippen molar-refractivity contribution in [2.75, 3.05) is 31.7 Å². The largest absolute Gasteiger partial charge is 0.454 e. The third kappa shape index (κ3) is 4.24. The lowest BCUT2D eigenvalue weighted by Gasteiger charge is -2.15. The summed E-state index contributed by atoms with van der Waals surface area (Å²) >= 11 is 0. The van der Waals surface area contributed by atoms with Crippen LogP contribution in [-0.2, 0) is 14.8 Å². The van der Waals surface area contributed by atoms with Gasteiger partial charge in [0.1, 0.15) is 0 Å². The Morgan fingerprint density at radius 3 is 2.40 bits per heavy atom. The summed E-state index contributed by atoms with van der Waals surface area (Å²) in [6.07, 6.45) is 1.73. The van der Waals surface area contributed by atoms with Crippen LogP contribution >= 0.6 is 0 Å². The Labute approximate surface area is 174 Å². The van der Waals surface area contributed by atoms with Crippen molar-refractivity contribution in [3.05, 3.63) is 48.0 Å². The van der Waals surface area contributed by atoms with Gasteiger partial charge in [0.15, 0.2) is 11.5 Å². The van der Waals surface area contributed by atoms with E-state index < -0.39 is 21.8 Å². The van der Waals surface area contributed by atoms with Crippen molar-refractivity contribution in [2.45, 2.75) is 17.7 Å². The molecule has 2 aliphatic rings. The van der Waals surface area contributed by atoms with Gasteiger partial charge in [-0.2, -0.15) is 4.31 Å². The number of nitrogens with one attached hydrogen (secondary N) is 2. The summed E-state index contributed by atoms with van der Waals surface area (Å²) in [5, 5.41) is 5.16. The van der Waals surface area contributed by atoms with Crippen LogP contribution in [0.5, 0.6) is 11.5 Å². The molecule has 4 rings (SSSR count). The minimum atomic E-state index is -3.50. The van der Waals surface area contributed by atoms with E-state index in [1.54, 1.807) is 18.2 Å². The summed E-state index contributed by atoms with van der Waals surface area (Å²) in [6, 6.07) is 10.8. The van der Waals surface area contributed by atoms with Gasteiger partial charge in [-0.05, 0) is 55.3 Å². The molecule has 2 aliphatic heterocycles. The van der Waals surface area contributed by atoms with E-state index in [2.05, 4.69) is 10.6 Å². The number of nitrogens with zero attached hydrogens (tertiary/aromatic N) is 1. The van der Waals surface area contributed by atoms with Crippen molar-refractivity contribution < 1.29 is 27.5 Å². The van der Waals surface area contributed by atoms with E-state index in [-0.39, 0.29) is 18.2 Å². The second-order valence-corrected chi connectivity index (χ2v) is 8.87. The Morgan fingerprint density at radius 2 is 1.67 bits per heavy atom. The van der Waals surface area contributed by atoms with Crippen molar-refractivity contribution >= 4 is 27.5 Å². The molecule has 2 heterocycles. The highest BCUT2D eigenvalue weighted by molar-refractivity contribution is 7.89. The molecule has 158 valence electrons. The normalized spacial score (nSPS) is 15.7. The van der Waals surface area contributed by atoms with Crippen LogP contribution in [0.25, 0.3) is 0 Å². The number of carbonyl (C=O) groups excluding carboxylic acids is 2. The van der Waals surface area contributed by atoms with E-state index in [0.29, 0.717) is 35.8 Å². The molecule has 0 aromatic heterocycles. The Balaban J connectivity index is 1.31. The summed E-state index contributed by atoms with van der Waals surface area (Å²) in [5.74, 6) is 0.199. The van der Waals surface area contributed by atoms with Gasteiger partial charge in [0.25, 0.3) is 5.91 Å². The van der Waals surface area contributed by atoms with Crippen LogP contribution in [0.1, 0.15) is 23.2 Å². The highest BCUT2D eigenvalue weighted by Gasteiger charge is 2.27. The van der Waals surface area contributed by atoms with Crippen LogP contribution in [0.15, 0.2) is 47.4 Å². The highest BCUT2D eigenvalue weighted by atomic mass is 32.2. The maximum absolute atomic E-state index is 12.5. The molecular weight excluding hydrogens is 410 g/mol. The fourth-order valence-corrected chi connectivity index (χ4v) is 4.81. The standard InChI is InChI=1S/C20H21N3O6S/c24-19(12-21-20(25)14-3-8-17-18(11-14)29-13-28-17)22-15-4-6-16(7-5-15)30(26,27)23-9-1-2-10-23/h3-8,11H,1-2,9-10,12-13H2,(H,21,25)(H,22,24). The number of carbonyl (C=O) groups is 2. The van der Waals surface area contributed by atoms with Crippen LogP contribution in [0.2, 0.25) is 0 Å². The summed E-state index contributed by atoms with van der Waals surface area (Å²) in [6.45, 7) is 0.940. The SMILES string of the molecule is O=C(CNC(=O)c1ccc2c(c1)OCO2)Nc1ccc(S(=O)(=O)N2CCCC2)cc1. The topological polar surface area (TPSA) is 114 Å². The molecule has 2 aromatic carbocycles. The average Bonchev–Trinajstić information content (AvgIpc) is 3.44. The number of rotatable bonds is 6. The van der Waals surface area contributed by atoms with Gasteiger partial charge in [0.2, 0.25) is 22.7 Å². The first kappa shape index (κ1) is 20.2. The monoisotopic (exact) mass is 431 g/mol. The molecule has 2 aromatic rings. The number of ether oxygens (including phenoxy) is 2. The number of anilines is 1. The van der Waals surface area contributed by atoms with Crippen LogP contribution in [0, 0.1) is 0 Å². The lowest BCUT2D eigenvalue weighted by Crippen LogP contribution is -2.32. The predicted octanol–water partition coefficient (Wildman–Crippen LogP) is 1.57. The molecule has 0 aliphatic carbocycles. The van der Waals surface area contributed by atoms with Gasteiger partial charge in [-0.15, -0.1) is 0 Å². The van der Waals surface area contributed by atoms with Crippen LogP contribution in [-0.4, -0.2) is 51.0 Å². The van der Waals surface area contributed by atoms with Gasteiger partial charge in [-0.1, -0.05) is 0 Å². The molecular formula is C20H21N3O6S. The summed E-state index contributed by atoms with van der Waals surface area (Å²) in [5.41, 5.74) is 0.793. The number of hydrogen-bond donors (Lipinski definition) is 2. The van der Waals surface area contributed by atoms with Crippen LogP contribution < -0.4 is 20.1 Å². The van der Waals surface area contributed by atoms with Crippen molar-refractivity contribution in [1.82, 2.24) is 9.62 Å². The Bertz CT molecular complexity index is 1060. The smallest absolute Gasteiger partial charge is 0.251 e. The van der Waals surface area contributed by atoms with E-state index in [1.165, 1.54) is 28.6 Å². The van der Waals surface area contributed by atoms with Gasteiger partial charge in [0, 0.05) is 24.3 Å². The lowest BCUT2D eigenvalue weighted by atomic mass is 10.2. The minimum Gasteiger partial charge on any atom is -0.454 e. The van der Waals surface area contributed by atoms with E-state index in [1.807, 2.05) is 0 Å². The van der Waals surface area contributed by atoms with Gasteiger partial charge < -0.3 is 20.1 Å². The first-order chi connectivity index (χ1) is 14.4. The van der Waals surface area contributed by atoms with E-state index in [9.17, 15) is 18.0 Å². The molecule has 9 nitrogen and oxygen atoms in total. The van der Waals surface area contributed by atoms with Crippen molar-refractivity contribution in [1.29, 1.82) is 0 Å². The molecule has 0 bridgehead atoms. The summed E-state index contributed by atoms with van der Waals surface area (Å²) in [7, 11) is -3.50. The molecule has 1 saturated heterocycles. The number of fused-ring (bicyclic) bond motifs is 1. The van der Waals surface area contributed by atoms with Crippen LogP contribution in [0.3, 0.4) is 0 Å². The van der Waals surface area contributed by atoms with Crippen molar-refractivity contribution in [3.63, 3.8) is 0 Å². The predicted molar refractivity (Wildman–Crippen MR) is 108 cm³/mol. The Kier molecular flexibility index (Phi) is 5.60. The first-order valence-electron chi connectivity index (χ1n) is 9.51. The van der Waals surface area contributed by atoms with Crippen LogP contribution in [0.4, 0.5) is 5.69 Å². The maximum Gasteiger partial charge on any atom is 0.251 e.